The van der Waals surface area contributed by atoms with E-state index in [1.54, 1.807) is 0 Å². The van der Waals surface area contributed by atoms with Crippen LogP contribution < -0.4 is 14.8 Å². The summed E-state index contributed by atoms with van der Waals surface area (Å²) < 4.78 is 11.1. The van der Waals surface area contributed by atoms with Crippen molar-refractivity contribution >= 4 is 22.9 Å². The summed E-state index contributed by atoms with van der Waals surface area (Å²) >= 11 is 8.08. The Labute approximate surface area is 133 Å². The molecule has 0 bridgehead atoms. The van der Waals surface area contributed by atoms with Crippen molar-refractivity contribution in [2.24, 2.45) is 0 Å². The monoisotopic (exact) mass is 323 g/mol. The van der Waals surface area contributed by atoms with E-state index in [-0.39, 0.29) is 0 Å². The Hall–Kier alpha value is -1.23. The van der Waals surface area contributed by atoms with Gasteiger partial charge < -0.3 is 14.8 Å². The van der Waals surface area contributed by atoms with Gasteiger partial charge in [-0.1, -0.05) is 11.6 Å². The molecule has 1 atom stereocenters. The standard InChI is InChI=1S/C16H18ClNO2S/c1-10-3-4-15(21-10)11(2)18-9-12-7-13(17)16-14(8-12)19-5-6-20-16/h3-4,7-8,11,18H,5-6,9H2,1-2H3. The molecule has 0 saturated carbocycles. The summed E-state index contributed by atoms with van der Waals surface area (Å²) in [5, 5.41) is 4.13. The molecule has 3 nitrogen and oxygen atoms in total. The van der Waals surface area contributed by atoms with E-state index in [2.05, 4.69) is 31.3 Å². The molecule has 0 fully saturated rings. The van der Waals surface area contributed by atoms with Crippen LogP contribution in [0.4, 0.5) is 0 Å². The van der Waals surface area contributed by atoms with Crippen molar-refractivity contribution in [3.8, 4) is 11.5 Å². The van der Waals surface area contributed by atoms with Crippen molar-refractivity contribution in [2.75, 3.05) is 13.2 Å². The fourth-order valence-corrected chi connectivity index (χ4v) is 3.52. The zero-order chi connectivity index (χ0) is 14.8. The van der Waals surface area contributed by atoms with Crippen molar-refractivity contribution < 1.29 is 9.47 Å². The summed E-state index contributed by atoms with van der Waals surface area (Å²) in [6.07, 6.45) is 0. The van der Waals surface area contributed by atoms with E-state index in [4.69, 9.17) is 21.1 Å². The molecule has 5 heteroatoms. The maximum Gasteiger partial charge on any atom is 0.179 e. The number of nitrogens with one attached hydrogen (secondary N) is 1. The molecule has 1 aliphatic heterocycles. The molecule has 2 heterocycles. The van der Waals surface area contributed by atoms with Gasteiger partial charge in [0.05, 0.1) is 5.02 Å². The molecule has 1 aromatic heterocycles. The number of benzene rings is 1. The van der Waals surface area contributed by atoms with E-state index >= 15 is 0 Å². The Bertz CT molecular complexity index is 641. The average molecular weight is 324 g/mol. The van der Waals surface area contributed by atoms with Crippen LogP contribution in [-0.4, -0.2) is 13.2 Å². The number of fused-ring (bicyclic) bond motifs is 1. The zero-order valence-corrected chi connectivity index (χ0v) is 13.7. The lowest BCUT2D eigenvalue weighted by molar-refractivity contribution is 0.171. The van der Waals surface area contributed by atoms with Gasteiger partial charge in [0.15, 0.2) is 11.5 Å². The third-order valence-corrected chi connectivity index (χ3v) is 4.92. The van der Waals surface area contributed by atoms with E-state index in [1.807, 2.05) is 23.5 Å². The predicted molar refractivity (Wildman–Crippen MR) is 86.8 cm³/mol. The van der Waals surface area contributed by atoms with Crippen LogP contribution in [0.15, 0.2) is 24.3 Å². The van der Waals surface area contributed by atoms with E-state index in [1.165, 1.54) is 9.75 Å². The number of halogens is 1. The lowest BCUT2D eigenvalue weighted by Crippen LogP contribution is -2.19. The van der Waals surface area contributed by atoms with Crippen LogP contribution in [-0.2, 0) is 6.54 Å². The summed E-state index contributed by atoms with van der Waals surface area (Å²) in [7, 11) is 0. The molecule has 0 aliphatic carbocycles. The van der Waals surface area contributed by atoms with Crippen LogP contribution in [0.1, 0.15) is 28.3 Å². The minimum atomic E-state index is 0.315. The zero-order valence-electron chi connectivity index (χ0n) is 12.1. The lowest BCUT2D eigenvalue weighted by atomic mass is 10.1. The largest absolute Gasteiger partial charge is 0.486 e. The lowest BCUT2D eigenvalue weighted by Gasteiger charge is -2.21. The van der Waals surface area contributed by atoms with Gasteiger partial charge in [-0.2, -0.15) is 0 Å². The highest BCUT2D eigenvalue weighted by atomic mass is 35.5. The quantitative estimate of drug-likeness (QED) is 0.908. The normalized spacial score (nSPS) is 15.0. The van der Waals surface area contributed by atoms with Gasteiger partial charge >= 0.3 is 0 Å². The minimum Gasteiger partial charge on any atom is -0.486 e. The molecule has 0 saturated heterocycles. The van der Waals surface area contributed by atoms with Gasteiger partial charge in [0.1, 0.15) is 13.2 Å². The molecule has 21 heavy (non-hydrogen) atoms. The van der Waals surface area contributed by atoms with Gasteiger partial charge in [-0.15, -0.1) is 11.3 Å². The van der Waals surface area contributed by atoms with Crippen molar-refractivity contribution in [1.82, 2.24) is 5.32 Å². The molecule has 1 N–H and O–H groups in total. The molecule has 3 rings (SSSR count). The van der Waals surface area contributed by atoms with Gasteiger partial charge in [-0.05, 0) is 43.7 Å². The predicted octanol–water partition coefficient (Wildman–Crippen LogP) is 4.33. The van der Waals surface area contributed by atoms with Crippen LogP contribution in [0, 0.1) is 6.92 Å². The number of rotatable bonds is 4. The molecular formula is C16H18ClNO2S. The molecule has 2 aromatic rings. The third-order valence-electron chi connectivity index (χ3n) is 3.46. The molecule has 0 spiro atoms. The van der Waals surface area contributed by atoms with Crippen molar-refractivity contribution in [3.63, 3.8) is 0 Å². The van der Waals surface area contributed by atoms with Crippen LogP contribution in [0.2, 0.25) is 5.02 Å². The van der Waals surface area contributed by atoms with Crippen LogP contribution in [0.25, 0.3) is 0 Å². The van der Waals surface area contributed by atoms with Gasteiger partial charge in [0.25, 0.3) is 0 Å². The van der Waals surface area contributed by atoms with Gasteiger partial charge in [0.2, 0.25) is 0 Å². The van der Waals surface area contributed by atoms with Gasteiger partial charge in [-0.3, -0.25) is 0 Å². The van der Waals surface area contributed by atoms with Crippen LogP contribution in [0.3, 0.4) is 0 Å². The SMILES string of the molecule is Cc1ccc(C(C)NCc2cc(Cl)c3c(c2)OCCO3)s1. The van der Waals surface area contributed by atoms with Gasteiger partial charge in [0, 0.05) is 22.3 Å². The highest BCUT2D eigenvalue weighted by Gasteiger charge is 2.17. The number of hydrogen-bond donors (Lipinski definition) is 1. The fourth-order valence-electron chi connectivity index (χ4n) is 2.32. The summed E-state index contributed by atoms with van der Waals surface area (Å²) in [5.74, 6) is 1.40. The van der Waals surface area contributed by atoms with E-state index in [0.29, 0.717) is 30.0 Å². The molecule has 1 unspecified atom stereocenters. The van der Waals surface area contributed by atoms with E-state index in [9.17, 15) is 0 Å². The number of thiophene rings is 1. The Balaban J connectivity index is 1.69. The van der Waals surface area contributed by atoms with Crippen LogP contribution in [0.5, 0.6) is 11.5 Å². The molecule has 1 aromatic carbocycles. The maximum atomic E-state index is 6.25. The summed E-state index contributed by atoms with van der Waals surface area (Å²) in [4.78, 5) is 2.68. The highest BCUT2D eigenvalue weighted by Crippen LogP contribution is 2.38. The Morgan fingerprint density at radius 3 is 2.86 bits per heavy atom. The minimum absolute atomic E-state index is 0.315. The first kappa shape index (κ1) is 14.7. The average Bonchev–Trinajstić information content (AvgIpc) is 2.91. The maximum absolute atomic E-state index is 6.25. The third kappa shape index (κ3) is 3.34. The summed E-state index contributed by atoms with van der Waals surface area (Å²) in [6, 6.07) is 8.58. The topological polar surface area (TPSA) is 30.5 Å². The van der Waals surface area contributed by atoms with Gasteiger partial charge in [-0.25, -0.2) is 0 Å². The molecule has 0 amide bonds. The highest BCUT2D eigenvalue weighted by molar-refractivity contribution is 7.12. The second kappa shape index (κ2) is 6.26. The molecule has 1 aliphatic rings. The van der Waals surface area contributed by atoms with E-state index < -0.39 is 0 Å². The first-order valence-corrected chi connectivity index (χ1v) is 8.20. The van der Waals surface area contributed by atoms with Crippen LogP contribution >= 0.6 is 22.9 Å². The molecular weight excluding hydrogens is 306 g/mol. The smallest absolute Gasteiger partial charge is 0.179 e. The molecule has 112 valence electrons. The Morgan fingerprint density at radius 1 is 1.29 bits per heavy atom. The first-order chi connectivity index (χ1) is 10.1. The Morgan fingerprint density at radius 2 is 2.10 bits per heavy atom. The van der Waals surface area contributed by atoms with Crippen molar-refractivity contribution in [3.05, 3.63) is 44.6 Å². The van der Waals surface area contributed by atoms with Crippen molar-refractivity contribution in [2.45, 2.75) is 26.4 Å². The number of aryl methyl sites for hydroxylation is 1. The first-order valence-electron chi connectivity index (χ1n) is 7.01. The summed E-state index contributed by atoms with van der Waals surface area (Å²) in [5.41, 5.74) is 1.10. The Kier molecular flexibility index (Phi) is 4.38. The number of hydrogen-bond acceptors (Lipinski definition) is 4. The second-order valence-electron chi connectivity index (χ2n) is 5.15. The molecule has 0 radical (unpaired) electrons. The summed E-state index contributed by atoms with van der Waals surface area (Å²) in [6.45, 7) is 6.17. The van der Waals surface area contributed by atoms with Crippen molar-refractivity contribution in [1.29, 1.82) is 0 Å². The number of ether oxygens (including phenoxy) is 2. The fraction of sp³-hybridized carbons (Fsp3) is 0.375. The second-order valence-corrected chi connectivity index (χ2v) is 6.88. The van der Waals surface area contributed by atoms with E-state index in [0.717, 1.165) is 17.9 Å².